The van der Waals surface area contributed by atoms with E-state index in [4.69, 9.17) is 5.73 Å². The monoisotopic (exact) mass is 317 g/mol. The number of hydrogen-bond donors (Lipinski definition) is 2. The van der Waals surface area contributed by atoms with Crippen LogP contribution in [0.3, 0.4) is 0 Å². The number of sulfone groups is 1. The summed E-state index contributed by atoms with van der Waals surface area (Å²) in [7, 11) is -3.33. The molecule has 0 aromatic carbocycles. The van der Waals surface area contributed by atoms with E-state index < -0.39 is 9.84 Å². The van der Waals surface area contributed by atoms with E-state index in [1.54, 1.807) is 0 Å². The number of nitrogens with zero attached hydrogens (tertiary/aromatic N) is 1. The Kier molecular flexibility index (Phi) is 4.90. The van der Waals surface area contributed by atoms with Crippen molar-refractivity contribution < 1.29 is 8.42 Å². The molecule has 1 aliphatic rings. The van der Waals surface area contributed by atoms with Crippen LogP contribution in [0.1, 0.15) is 46.0 Å². The van der Waals surface area contributed by atoms with Crippen LogP contribution in [-0.2, 0) is 9.84 Å². The molecule has 0 bridgehead atoms. The fourth-order valence-electron chi connectivity index (χ4n) is 2.33. The Morgan fingerprint density at radius 2 is 2.15 bits per heavy atom. The van der Waals surface area contributed by atoms with E-state index in [2.05, 4.69) is 16.6 Å². The maximum atomic E-state index is 12.3. The Labute approximate surface area is 125 Å². The smallest absolute Gasteiger partial charge is 0.185 e. The predicted octanol–water partition coefficient (Wildman–Crippen LogP) is 2.90. The molecule has 1 aromatic rings. The lowest BCUT2D eigenvalue weighted by Gasteiger charge is -2.17. The highest BCUT2D eigenvalue weighted by atomic mass is 32.2. The molecule has 1 aliphatic carbocycles. The van der Waals surface area contributed by atoms with Crippen LogP contribution in [0.2, 0.25) is 0 Å². The minimum atomic E-state index is -3.33. The van der Waals surface area contributed by atoms with Crippen molar-refractivity contribution in [3.63, 3.8) is 0 Å². The quantitative estimate of drug-likeness (QED) is 0.770. The van der Waals surface area contributed by atoms with Crippen LogP contribution < -0.4 is 11.1 Å². The van der Waals surface area contributed by atoms with E-state index in [1.165, 1.54) is 12.8 Å². The van der Waals surface area contributed by atoms with Gasteiger partial charge in [0.2, 0.25) is 0 Å². The van der Waals surface area contributed by atoms with Crippen molar-refractivity contribution >= 4 is 32.2 Å². The average Bonchev–Trinajstić information content (AvgIpc) is 3.11. The van der Waals surface area contributed by atoms with Gasteiger partial charge in [0.1, 0.15) is 9.90 Å². The molecule has 0 aliphatic heterocycles. The van der Waals surface area contributed by atoms with E-state index in [1.807, 2.05) is 6.92 Å². The highest BCUT2D eigenvalue weighted by molar-refractivity contribution is 7.91. The molecule has 1 aromatic heterocycles. The minimum absolute atomic E-state index is 0.115. The van der Waals surface area contributed by atoms with Gasteiger partial charge in [-0.1, -0.05) is 26.7 Å². The Hall–Kier alpha value is -0.820. The molecule has 3 N–H and O–H groups in total. The molecule has 7 heteroatoms. The number of anilines is 2. The molecule has 20 heavy (non-hydrogen) atoms. The van der Waals surface area contributed by atoms with Crippen molar-refractivity contribution in [2.45, 2.75) is 56.9 Å². The number of nitrogen functional groups attached to an aromatic ring is 1. The third kappa shape index (κ3) is 3.63. The normalized spacial score (nSPS) is 17.1. The van der Waals surface area contributed by atoms with Crippen molar-refractivity contribution in [1.82, 2.24) is 4.37 Å². The van der Waals surface area contributed by atoms with Crippen LogP contribution in [0.5, 0.6) is 0 Å². The molecule has 0 amide bonds. The molecule has 0 spiro atoms. The molecule has 114 valence electrons. The summed E-state index contributed by atoms with van der Waals surface area (Å²) in [6.07, 6.45) is 5.24. The van der Waals surface area contributed by atoms with Gasteiger partial charge in [0.25, 0.3) is 0 Å². The van der Waals surface area contributed by atoms with E-state index >= 15 is 0 Å². The molecule has 5 nitrogen and oxygen atoms in total. The summed E-state index contributed by atoms with van der Waals surface area (Å²) in [5.74, 6) is 1.05. The van der Waals surface area contributed by atoms with Crippen LogP contribution in [0, 0.1) is 5.92 Å². The van der Waals surface area contributed by atoms with Gasteiger partial charge in [-0.3, -0.25) is 0 Å². The van der Waals surface area contributed by atoms with Gasteiger partial charge < -0.3 is 11.1 Å². The van der Waals surface area contributed by atoms with Crippen LogP contribution in [0.4, 0.5) is 10.8 Å². The summed E-state index contributed by atoms with van der Waals surface area (Å²) in [5, 5.41) is 3.97. The molecule has 0 saturated heterocycles. The first-order chi connectivity index (χ1) is 9.47. The highest BCUT2D eigenvalue weighted by Gasteiger charge is 2.28. The van der Waals surface area contributed by atoms with Crippen LogP contribution in [0.15, 0.2) is 4.90 Å². The zero-order valence-electron chi connectivity index (χ0n) is 12.1. The second kappa shape index (κ2) is 6.30. The van der Waals surface area contributed by atoms with Gasteiger partial charge in [0, 0.05) is 6.04 Å². The first kappa shape index (κ1) is 15.6. The van der Waals surface area contributed by atoms with Gasteiger partial charge >= 0.3 is 0 Å². The van der Waals surface area contributed by atoms with E-state index in [0.29, 0.717) is 17.5 Å². The third-order valence-corrected chi connectivity index (χ3v) is 6.50. The number of aromatic nitrogens is 1. The number of hydrogen-bond acceptors (Lipinski definition) is 6. The summed E-state index contributed by atoms with van der Waals surface area (Å²) < 4.78 is 28.6. The number of rotatable bonds is 8. The topological polar surface area (TPSA) is 85.1 Å². The Bertz CT molecular complexity index is 550. The molecule has 1 unspecified atom stereocenters. The summed E-state index contributed by atoms with van der Waals surface area (Å²) in [6, 6.07) is 0.304. The van der Waals surface area contributed by atoms with Crippen molar-refractivity contribution in [2.75, 3.05) is 16.8 Å². The Morgan fingerprint density at radius 1 is 1.45 bits per heavy atom. The molecule has 1 saturated carbocycles. The Morgan fingerprint density at radius 3 is 2.70 bits per heavy atom. The number of nitrogens with one attached hydrogen (secondary N) is 1. The fraction of sp³-hybridized carbons (Fsp3) is 0.769. The third-order valence-electron chi connectivity index (χ3n) is 3.60. The fourth-order valence-corrected chi connectivity index (χ4v) is 5.01. The van der Waals surface area contributed by atoms with E-state index in [-0.39, 0.29) is 16.5 Å². The maximum absolute atomic E-state index is 12.3. The van der Waals surface area contributed by atoms with Gasteiger partial charge in [0.05, 0.1) is 5.75 Å². The first-order valence-electron chi connectivity index (χ1n) is 7.22. The predicted molar refractivity (Wildman–Crippen MR) is 83.9 cm³/mol. The lowest BCUT2D eigenvalue weighted by atomic mass is 10.1. The standard InChI is InChI=1S/C13H23N3O2S2/c1-3-7-20(17,18)11-12(14)16-19-13(11)15-10(4-2)8-9-5-6-9/h9-10,15H,3-8H2,1-2H3,(H2,14,16). The van der Waals surface area contributed by atoms with Gasteiger partial charge in [-0.2, -0.15) is 4.37 Å². The van der Waals surface area contributed by atoms with Crippen molar-refractivity contribution in [3.8, 4) is 0 Å². The molecular weight excluding hydrogens is 294 g/mol. The number of nitrogens with two attached hydrogens (primary N) is 1. The molecule has 1 atom stereocenters. The first-order valence-corrected chi connectivity index (χ1v) is 9.64. The summed E-state index contributed by atoms with van der Waals surface area (Å²) in [5.41, 5.74) is 5.77. The van der Waals surface area contributed by atoms with Crippen LogP contribution in [0.25, 0.3) is 0 Å². The average molecular weight is 317 g/mol. The lowest BCUT2D eigenvalue weighted by Crippen LogP contribution is -2.20. The molecular formula is C13H23N3O2S2. The van der Waals surface area contributed by atoms with Crippen LogP contribution in [-0.4, -0.2) is 24.6 Å². The molecule has 0 radical (unpaired) electrons. The molecule has 1 heterocycles. The Balaban J connectivity index is 2.19. The SMILES string of the molecule is CCCS(=O)(=O)c1c(N)nsc1NC(CC)CC1CC1. The van der Waals surface area contributed by atoms with Gasteiger partial charge in [-0.25, -0.2) is 8.42 Å². The van der Waals surface area contributed by atoms with Crippen molar-refractivity contribution in [3.05, 3.63) is 0 Å². The highest BCUT2D eigenvalue weighted by Crippen LogP contribution is 2.37. The van der Waals surface area contributed by atoms with Crippen molar-refractivity contribution in [1.29, 1.82) is 0 Å². The van der Waals surface area contributed by atoms with Gasteiger partial charge in [0.15, 0.2) is 15.7 Å². The van der Waals surface area contributed by atoms with Gasteiger partial charge in [-0.15, -0.1) is 0 Å². The second-order valence-electron chi connectivity index (χ2n) is 5.47. The maximum Gasteiger partial charge on any atom is 0.185 e. The van der Waals surface area contributed by atoms with E-state index in [0.717, 1.165) is 30.3 Å². The molecule has 1 fully saturated rings. The van der Waals surface area contributed by atoms with Crippen LogP contribution >= 0.6 is 11.5 Å². The van der Waals surface area contributed by atoms with E-state index in [9.17, 15) is 8.42 Å². The summed E-state index contributed by atoms with van der Waals surface area (Å²) in [4.78, 5) is 0.207. The largest absolute Gasteiger partial charge is 0.382 e. The summed E-state index contributed by atoms with van der Waals surface area (Å²) >= 11 is 1.15. The molecule has 2 rings (SSSR count). The zero-order chi connectivity index (χ0) is 14.8. The zero-order valence-corrected chi connectivity index (χ0v) is 13.7. The van der Waals surface area contributed by atoms with Gasteiger partial charge in [-0.05, 0) is 36.7 Å². The van der Waals surface area contributed by atoms with Crippen molar-refractivity contribution in [2.24, 2.45) is 5.92 Å². The summed E-state index contributed by atoms with van der Waals surface area (Å²) in [6.45, 7) is 3.97. The lowest BCUT2D eigenvalue weighted by molar-refractivity contribution is 0.584. The second-order valence-corrected chi connectivity index (χ2v) is 8.29. The minimum Gasteiger partial charge on any atom is -0.382 e.